The molecule has 1 saturated heterocycles. The van der Waals surface area contributed by atoms with Gasteiger partial charge in [-0.15, -0.1) is 0 Å². The van der Waals surface area contributed by atoms with Crippen molar-refractivity contribution in [2.45, 2.75) is 6.61 Å². The van der Waals surface area contributed by atoms with E-state index in [0.717, 1.165) is 0 Å². The number of amides is 3. The molecule has 3 rings (SSSR count). The molecule has 6 nitrogen and oxygen atoms in total. The third-order valence-corrected chi connectivity index (χ3v) is 3.92. The number of para-hydroxylation sites is 1. The van der Waals surface area contributed by atoms with Gasteiger partial charge in [0.25, 0.3) is 0 Å². The normalized spacial score (nSPS) is 14.0. The molecule has 9 heteroatoms. The first-order valence-electron chi connectivity index (χ1n) is 8.10. The Kier molecular flexibility index (Phi) is 5.49. The monoisotopic (exact) mass is 379 g/mol. The molecule has 27 heavy (non-hydrogen) atoms. The fraction of sp³-hybridized carbons (Fsp3) is 0.222. The Bertz CT molecular complexity index is 847. The molecule has 1 aliphatic rings. The Morgan fingerprint density at radius 3 is 2.67 bits per heavy atom. The maximum atomic E-state index is 13.9. The number of carbonyl (C=O) groups is 2. The Morgan fingerprint density at radius 2 is 1.93 bits per heavy atom. The SMILES string of the molecule is O=C(CN1CCN(c2ccccc2F)C1=O)Nc1cccc(OC(F)F)c1. The number of hydrogen-bond donors (Lipinski definition) is 1. The minimum absolute atomic E-state index is 0.0919. The van der Waals surface area contributed by atoms with Crippen molar-refractivity contribution in [2.24, 2.45) is 0 Å². The molecule has 0 radical (unpaired) electrons. The maximum Gasteiger partial charge on any atom is 0.387 e. The van der Waals surface area contributed by atoms with Crippen LogP contribution in [0.3, 0.4) is 0 Å². The third kappa shape index (κ3) is 4.49. The molecule has 3 amide bonds. The van der Waals surface area contributed by atoms with E-state index in [1.165, 1.54) is 52.3 Å². The Hall–Kier alpha value is -3.23. The van der Waals surface area contributed by atoms with Gasteiger partial charge in [0.05, 0.1) is 5.69 Å². The lowest BCUT2D eigenvalue weighted by Gasteiger charge is -2.19. The van der Waals surface area contributed by atoms with Crippen LogP contribution >= 0.6 is 0 Å². The van der Waals surface area contributed by atoms with Gasteiger partial charge in [-0.3, -0.25) is 9.69 Å². The maximum absolute atomic E-state index is 13.9. The summed E-state index contributed by atoms with van der Waals surface area (Å²) in [6.07, 6.45) is 0. The first-order valence-corrected chi connectivity index (χ1v) is 8.10. The van der Waals surface area contributed by atoms with Crippen LogP contribution in [0, 0.1) is 5.82 Å². The number of benzene rings is 2. The second-order valence-electron chi connectivity index (χ2n) is 5.76. The van der Waals surface area contributed by atoms with Gasteiger partial charge < -0.3 is 15.0 Å². The van der Waals surface area contributed by atoms with Crippen LogP contribution in [-0.4, -0.2) is 43.1 Å². The van der Waals surface area contributed by atoms with E-state index in [2.05, 4.69) is 10.1 Å². The van der Waals surface area contributed by atoms with Crippen molar-refractivity contribution in [3.8, 4) is 5.75 Å². The largest absolute Gasteiger partial charge is 0.435 e. The molecule has 0 spiro atoms. The van der Waals surface area contributed by atoms with Crippen molar-refractivity contribution in [2.75, 3.05) is 29.9 Å². The summed E-state index contributed by atoms with van der Waals surface area (Å²) in [6, 6.07) is 11.0. The van der Waals surface area contributed by atoms with Crippen molar-refractivity contribution >= 4 is 23.3 Å². The van der Waals surface area contributed by atoms with Crippen LogP contribution < -0.4 is 15.0 Å². The molecular weight excluding hydrogens is 363 g/mol. The summed E-state index contributed by atoms with van der Waals surface area (Å²) in [4.78, 5) is 27.1. The number of alkyl halides is 2. The van der Waals surface area contributed by atoms with Crippen LogP contribution in [0.15, 0.2) is 48.5 Å². The minimum atomic E-state index is -2.97. The second-order valence-corrected chi connectivity index (χ2v) is 5.76. The fourth-order valence-corrected chi connectivity index (χ4v) is 2.75. The first-order chi connectivity index (χ1) is 12.9. The van der Waals surface area contributed by atoms with Gasteiger partial charge in [-0.1, -0.05) is 18.2 Å². The summed E-state index contributed by atoms with van der Waals surface area (Å²) >= 11 is 0. The molecule has 1 aliphatic heterocycles. The number of rotatable bonds is 6. The lowest BCUT2D eigenvalue weighted by Crippen LogP contribution is -2.37. The number of urea groups is 1. The average molecular weight is 379 g/mol. The molecule has 0 bridgehead atoms. The summed E-state index contributed by atoms with van der Waals surface area (Å²) in [5, 5.41) is 2.52. The zero-order chi connectivity index (χ0) is 19.4. The number of carbonyl (C=O) groups excluding carboxylic acids is 2. The molecule has 0 atom stereocenters. The standard InChI is InChI=1S/C18H16F3N3O3/c19-14-6-1-2-7-15(14)24-9-8-23(18(24)26)11-16(25)22-12-4-3-5-13(10-12)27-17(20)21/h1-7,10,17H,8-9,11H2,(H,22,25). The number of nitrogens with one attached hydrogen (secondary N) is 1. The van der Waals surface area contributed by atoms with Gasteiger partial charge in [0, 0.05) is 24.8 Å². The summed E-state index contributed by atoms with van der Waals surface area (Å²) in [6.45, 7) is -2.70. The lowest BCUT2D eigenvalue weighted by molar-refractivity contribution is -0.116. The molecular formula is C18H16F3N3O3. The van der Waals surface area contributed by atoms with E-state index >= 15 is 0 Å². The van der Waals surface area contributed by atoms with Crippen molar-refractivity contribution in [1.29, 1.82) is 0 Å². The van der Waals surface area contributed by atoms with Gasteiger partial charge >= 0.3 is 12.6 Å². The summed E-state index contributed by atoms with van der Waals surface area (Å²) < 4.78 is 42.6. The van der Waals surface area contributed by atoms with Crippen LogP contribution in [-0.2, 0) is 4.79 Å². The lowest BCUT2D eigenvalue weighted by atomic mass is 10.3. The van der Waals surface area contributed by atoms with Gasteiger partial charge in [0.15, 0.2) is 0 Å². The summed E-state index contributed by atoms with van der Waals surface area (Å²) in [5.74, 6) is -1.12. The van der Waals surface area contributed by atoms with Crippen LogP contribution in [0.25, 0.3) is 0 Å². The predicted octanol–water partition coefficient (Wildman–Crippen LogP) is 3.31. The van der Waals surface area contributed by atoms with E-state index in [4.69, 9.17) is 0 Å². The van der Waals surface area contributed by atoms with Crippen molar-refractivity contribution in [1.82, 2.24) is 4.90 Å². The molecule has 0 saturated carbocycles. The van der Waals surface area contributed by atoms with Gasteiger partial charge in [0.1, 0.15) is 18.1 Å². The molecule has 2 aromatic carbocycles. The number of ether oxygens (including phenoxy) is 1. The van der Waals surface area contributed by atoms with Crippen molar-refractivity contribution in [3.63, 3.8) is 0 Å². The van der Waals surface area contributed by atoms with E-state index in [0.29, 0.717) is 0 Å². The van der Waals surface area contributed by atoms with Crippen LogP contribution in [0.4, 0.5) is 29.3 Å². The molecule has 1 fully saturated rings. The molecule has 0 aromatic heterocycles. The zero-order valence-electron chi connectivity index (χ0n) is 14.1. The zero-order valence-corrected chi connectivity index (χ0v) is 14.1. The van der Waals surface area contributed by atoms with E-state index in [1.54, 1.807) is 6.07 Å². The molecule has 0 aliphatic carbocycles. The van der Waals surface area contributed by atoms with Gasteiger partial charge in [-0.05, 0) is 24.3 Å². The summed E-state index contributed by atoms with van der Waals surface area (Å²) in [5.41, 5.74) is 0.415. The molecule has 142 valence electrons. The van der Waals surface area contributed by atoms with E-state index < -0.39 is 24.4 Å². The number of anilines is 2. The average Bonchev–Trinajstić information content (AvgIpc) is 2.95. The number of halogens is 3. The highest BCUT2D eigenvalue weighted by Crippen LogP contribution is 2.23. The predicted molar refractivity (Wildman–Crippen MR) is 92.4 cm³/mol. The van der Waals surface area contributed by atoms with Crippen molar-refractivity contribution < 1.29 is 27.5 Å². The Morgan fingerprint density at radius 1 is 1.15 bits per heavy atom. The highest BCUT2D eigenvalue weighted by molar-refractivity contribution is 5.99. The first kappa shape index (κ1) is 18.6. The number of nitrogens with zero attached hydrogens (tertiary/aromatic N) is 2. The number of hydrogen-bond acceptors (Lipinski definition) is 3. The Labute approximate surface area is 153 Å². The van der Waals surface area contributed by atoms with E-state index in [-0.39, 0.29) is 36.8 Å². The molecule has 1 heterocycles. The highest BCUT2D eigenvalue weighted by atomic mass is 19.3. The highest BCUT2D eigenvalue weighted by Gasteiger charge is 2.32. The van der Waals surface area contributed by atoms with E-state index in [1.807, 2.05) is 0 Å². The van der Waals surface area contributed by atoms with Crippen molar-refractivity contribution in [3.05, 3.63) is 54.3 Å². The molecule has 1 N–H and O–H groups in total. The van der Waals surface area contributed by atoms with Gasteiger partial charge in [0.2, 0.25) is 5.91 Å². The molecule has 2 aromatic rings. The van der Waals surface area contributed by atoms with Gasteiger partial charge in [-0.25, -0.2) is 9.18 Å². The summed E-state index contributed by atoms with van der Waals surface area (Å²) in [7, 11) is 0. The minimum Gasteiger partial charge on any atom is -0.435 e. The fourth-order valence-electron chi connectivity index (χ4n) is 2.75. The quantitative estimate of drug-likeness (QED) is 0.838. The van der Waals surface area contributed by atoms with Crippen LogP contribution in [0.1, 0.15) is 0 Å². The topological polar surface area (TPSA) is 61.9 Å². The van der Waals surface area contributed by atoms with Crippen LogP contribution in [0.2, 0.25) is 0 Å². The molecule has 0 unspecified atom stereocenters. The van der Waals surface area contributed by atoms with E-state index in [9.17, 15) is 22.8 Å². The smallest absolute Gasteiger partial charge is 0.387 e. The second kappa shape index (κ2) is 7.98. The van der Waals surface area contributed by atoms with Crippen LogP contribution in [0.5, 0.6) is 5.75 Å². The van der Waals surface area contributed by atoms with Gasteiger partial charge in [-0.2, -0.15) is 8.78 Å². The Balaban J connectivity index is 1.60. The third-order valence-electron chi connectivity index (χ3n) is 3.92.